The molecular weight excluding hydrogens is 334 g/mol. The van der Waals surface area contributed by atoms with E-state index in [1.54, 1.807) is 54.6 Å². The molecule has 3 aromatic rings. The lowest BCUT2D eigenvalue weighted by atomic mass is 9.99. The van der Waals surface area contributed by atoms with Crippen LogP contribution in [0.1, 0.15) is 0 Å². The van der Waals surface area contributed by atoms with Crippen molar-refractivity contribution in [3.05, 3.63) is 85.5 Å². The summed E-state index contributed by atoms with van der Waals surface area (Å²) in [7, 11) is 0. The molecule has 2 nitrogen and oxygen atoms in total. The van der Waals surface area contributed by atoms with Crippen molar-refractivity contribution in [3.8, 4) is 22.6 Å². The lowest BCUT2D eigenvalue weighted by molar-refractivity contribution is 0.363. The Bertz CT molecular complexity index is 947. The number of fused-ring (bicyclic) bond motifs is 1. The Hall–Kier alpha value is -3.14. The number of hydrogen-bond donors (Lipinski definition) is 0. The standard InChI is InChI=1S/C22H18F2O2/c1-3-11-25-17-8-5-15(6-9-17)19-13-16-7-10-18(26-12-4-2)14-20(16)22(24)21(19)23/h3-10,13-14H,1-2,11-12H2. The lowest BCUT2D eigenvalue weighted by Crippen LogP contribution is -1.96. The predicted octanol–water partition coefficient (Wildman–Crippen LogP) is 5.91. The topological polar surface area (TPSA) is 18.5 Å². The van der Waals surface area contributed by atoms with Gasteiger partial charge in [0.05, 0.1) is 0 Å². The zero-order valence-electron chi connectivity index (χ0n) is 14.2. The molecule has 0 amide bonds. The second-order valence-corrected chi connectivity index (χ2v) is 5.66. The molecule has 0 aliphatic carbocycles. The predicted molar refractivity (Wildman–Crippen MR) is 101 cm³/mol. The molecule has 0 saturated heterocycles. The van der Waals surface area contributed by atoms with Crippen molar-refractivity contribution >= 4 is 10.8 Å². The Morgan fingerprint density at radius 3 is 2.04 bits per heavy atom. The average molecular weight is 352 g/mol. The zero-order valence-corrected chi connectivity index (χ0v) is 14.2. The van der Waals surface area contributed by atoms with Gasteiger partial charge in [0.25, 0.3) is 0 Å². The average Bonchev–Trinajstić information content (AvgIpc) is 2.68. The maximum absolute atomic E-state index is 14.6. The summed E-state index contributed by atoms with van der Waals surface area (Å²) in [6.07, 6.45) is 3.23. The van der Waals surface area contributed by atoms with Crippen LogP contribution in [0.4, 0.5) is 8.78 Å². The molecule has 0 heterocycles. The van der Waals surface area contributed by atoms with Crippen LogP contribution in [-0.2, 0) is 0 Å². The Kier molecular flexibility index (Phi) is 5.32. The van der Waals surface area contributed by atoms with E-state index in [1.807, 2.05) is 0 Å². The Labute approximate surface area is 151 Å². The van der Waals surface area contributed by atoms with Gasteiger partial charge in [0.2, 0.25) is 0 Å². The summed E-state index contributed by atoms with van der Waals surface area (Å²) in [6.45, 7) is 7.83. The van der Waals surface area contributed by atoms with Gasteiger partial charge in [-0.2, -0.15) is 0 Å². The Morgan fingerprint density at radius 2 is 1.38 bits per heavy atom. The summed E-state index contributed by atoms with van der Waals surface area (Å²) in [6, 6.07) is 13.4. The van der Waals surface area contributed by atoms with Gasteiger partial charge in [0, 0.05) is 10.9 Å². The van der Waals surface area contributed by atoms with Gasteiger partial charge in [-0.1, -0.05) is 43.5 Å². The van der Waals surface area contributed by atoms with Gasteiger partial charge in [0.1, 0.15) is 24.7 Å². The molecule has 3 aromatic carbocycles. The van der Waals surface area contributed by atoms with Crippen LogP contribution in [0, 0.1) is 11.6 Å². The zero-order chi connectivity index (χ0) is 18.5. The van der Waals surface area contributed by atoms with E-state index in [0.29, 0.717) is 35.7 Å². The van der Waals surface area contributed by atoms with Gasteiger partial charge >= 0.3 is 0 Å². The van der Waals surface area contributed by atoms with Crippen molar-refractivity contribution in [2.45, 2.75) is 0 Å². The second kappa shape index (κ2) is 7.83. The summed E-state index contributed by atoms with van der Waals surface area (Å²) < 4.78 is 40.0. The van der Waals surface area contributed by atoms with Gasteiger partial charge < -0.3 is 9.47 Å². The van der Waals surface area contributed by atoms with Gasteiger partial charge in [-0.25, -0.2) is 8.78 Å². The fraction of sp³-hybridized carbons (Fsp3) is 0.0909. The molecule has 0 fully saturated rings. The largest absolute Gasteiger partial charge is 0.490 e. The summed E-state index contributed by atoms with van der Waals surface area (Å²) in [4.78, 5) is 0. The molecule has 132 valence electrons. The molecule has 0 saturated carbocycles. The highest BCUT2D eigenvalue weighted by atomic mass is 19.2. The third-order valence-corrected chi connectivity index (χ3v) is 3.89. The molecule has 4 heteroatoms. The highest BCUT2D eigenvalue weighted by molar-refractivity contribution is 5.89. The summed E-state index contributed by atoms with van der Waals surface area (Å²) in [5.41, 5.74) is 0.770. The molecule has 0 unspecified atom stereocenters. The first kappa shape index (κ1) is 17.7. The van der Waals surface area contributed by atoms with Crippen molar-refractivity contribution in [1.82, 2.24) is 0 Å². The minimum absolute atomic E-state index is 0.179. The number of hydrogen-bond acceptors (Lipinski definition) is 2. The lowest BCUT2D eigenvalue weighted by Gasteiger charge is -2.11. The minimum atomic E-state index is -0.895. The summed E-state index contributed by atoms with van der Waals surface area (Å²) >= 11 is 0. The molecule has 0 aliphatic rings. The normalized spacial score (nSPS) is 10.5. The summed E-state index contributed by atoms with van der Waals surface area (Å²) in [5.74, 6) is -0.682. The van der Waals surface area contributed by atoms with Gasteiger partial charge in [-0.15, -0.1) is 0 Å². The van der Waals surface area contributed by atoms with E-state index >= 15 is 0 Å². The van der Waals surface area contributed by atoms with E-state index in [2.05, 4.69) is 13.2 Å². The molecule has 0 radical (unpaired) electrons. The van der Waals surface area contributed by atoms with Crippen molar-refractivity contribution in [2.75, 3.05) is 13.2 Å². The van der Waals surface area contributed by atoms with Crippen LogP contribution in [-0.4, -0.2) is 13.2 Å². The fourth-order valence-corrected chi connectivity index (χ4v) is 2.65. The van der Waals surface area contributed by atoms with Crippen LogP contribution in [0.3, 0.4) is 0 Å². The van der Waals surface area contributed by atoms with Crippen molar-refractivity contribution in [2.24, 2.45) is 0 Å². The molecule has 26 heavy (non-hydrogen) atoms. The van der Waals surface area contributed by atoms with E-state index in [0.717, 1.165) is 0 Å². The van der Waals surface area contributed by atoms with E-state index in [1.165, 1.54) is 6.07 Å². The molecule has 0 atom stereocenters. The van der Waals surface area contributed by atoms with Crippen molar-refractivity contribution in [1.29, 1.82) is 0 Å². The maximum Gasteiger partial charge on any atom is 0.167 e. The molecule has 0 bridgehead atoms. The quantitative estimate of drug-likeness (QED) is 0.492. The third kappa shape index (κ3) is 3.59. The minimum Gasteiger partial charge on any atom is -0.490 e. The van der Waals surface area contributed by atoms with Crippen LogP contribution in [0.15, 0.2) is 73.8 Å². The monoisotopic (exact) mass is 352 g/mol. The number of rotatable bonds is 7. The Morgan fingerprint density at radius 1 is 0.769 bits per heavy atom. The number of benzene rings is 3. The first-order valence-electron chi connectivity index (χ1n) is 8.13. The number of halogens is 2. The van der Waals surface area contributed by atoms with E-state index < -0.39 is 11.6 Å². The molecule has 0 N–H and O–H groups in total. The van der Waals surface area contributed by atoms with Gasteiger partial charge in [-0.3, -0.25) is 0 Å². The molecule has 0 aliphatic heterocycles. The fourth-order valence-electron chi connectivity index (χ4n) is 2.65. The van der Waals surface area contributed by atoms with Gasteiger partial charge in [0.15, 0.2) is 11.6 Å². The Balaban J connectivity index is 2.00. The van der Waals surface area contributed by atoms with Crippen molar-refractivity contribution in [3.63, 3.8) is 0 Å². The van der Waals surface area contributed by atoms with Gasteiger partial charge in [-0.05, 0) is 41.3 Å². The van der Waals surface area contributed by atoms with Crippen LogP contribution in [0.2, 0.25) is 0 Å². The SMILES string of the molecule is C=CCOc1ccc(-c2cc3ccc(OCC=C)cc3c(F)c2F)cc1. The molecular formula is C22H18F2O2. The van der Waals surface area contributed by atoms with E-state index in [-0.39, 0.29) is 10.9 Å². The maximum atomic E-state index is 14.6. The highest BCUT2D eigenvalue weighted by Crippen LogP contribution is 2.33. The van der Waals surface area contributed by atoms with E-state index in [4.69, 9.17) is 9.47 Å². The van der Waals surface area contributed by atoms with Crippen molar-refractivity contribution < 1.29 is 18.3 Å². The molecule has 0 spiro atoms. The summed E-state index contributed by atoms with van der Waals surface area (Å²) in [5, 5.41) is 0.774. The molecule has 3 rings (SSSR count). The number of ether oxygens (including phenoxy) is 2. The highest BCUT2D eigenvalue weighted by Gasteiger charge is 2.15. The first-order chi connectivity index (χ1) is 12.6. The first-order valence-corrected chi connectivity index (χ1v) is 8.13. The van der Waals surface area contributed by atoms with E-state index in [9.17, 15) is 8.78 Å². The van der Waals surface area contributed by atoms with Crippen LogP contribution in [0.5, 0.6) is 11.5 Å². The van der Waals surface area contributed by atoms with Crippen LogP contribution < -0.4 is 9.47 Å². The van der Waals surface area contributed by atoms with Crippen LogP contribution >= 0.6 is 0 Å². The van der Waals surface area contributed by atoms with Crippen LogP contribution in [0.25, 0.3) is 21.9 Å². The smallest absolute Gasteiger partial charge is 0.167 e. The molecule has 0 aromatic heterocycles. The second-order valence-electron chi connectivity index (χ2n) is 5.66. The third-order valence-electron chi connectivity index (χ3n) is 3.89.